The standard InChI is InChI=1S/C20H15ClN4OS/c21-16-6-8-19(25-13-22-12-23-25)18(10-16)24-20(26)11-27-17-7-5-14-3-1-2-4-15(14)9-17/h1-10,12-13H,11H2,(H,24,26). The summed E-state index contributed by atoms with van der Waals surface area (Å²) in [6.45, 7) is 0. The number of rotatable bonds is 5. The lowest BCUT2D eigenvalue weighted by Gasteiger charge is -2.11. The number of hydrogen-bond donors (Lipinski definition) is 1. The van der Waals surface area contributed by atoms with Gasteiger partial charge in [-0.15, -0.1) is 11.8 Å². The monoisotopic (exact) mass is 394 g/mol. The molecule has 134 valence electrons. The van der Waals surface area contributed by atoms with Crippen LogP contribution in [0.1, 0.15) is 0 Å². The van der Waals surface area contributed by atoms with E-state index in [1.54, 1.807) is 29.2 Å². The van der Waals surface area contributed by atoms with Crippen molar-refractivity contribution < 1.29 is 4.79 Å². The third-order valence-electron chi connectivity index (χ3n) is 3.99. The van der Waals surface area contributed by atoms with Gasteiger partial charge in [-0.25, -0.2) is 9.67 Å². The average molecular weight is 395 g/mol. The number of hydrogen-bond acceptors (Lipinski definition) is 4. The first-order chi connectivity index (χ1) is 13.2. The second kappa shape index (κ2) is 7.82. The fourth-order valence-corrected chi connectivity index (χ4v) is 3.65. The maximum atomic E-state index is 12.5. The zero-order valence-corrected chi connectivity index (χ0v) is 15.7. The fraction of sp³-hybridized carbons (Fsp3) is 0.0500. The van der Waals surface area contributed by atoms with Gasteiger partial charge < -0.3 is 5.32 Å². The van der Waals surface area contributed by atoms with Crippen molar-refractivity contribution in [2.45, 2.75) is 4.90 Å². The zero-order valence-electron chi connectivity index (χ0n) is 14.2. The zero-order chi connectivity index (χ0) is 18.6. The summed E-state index contributed by atoms with van der Waals surface area (Å²) in [6, 6.07) is 19.6. The lowest BCUT2D eigenvalue weighted by molar-refractivity contribution is -0.113. The van der Waals surface area contributed by atoms with E-state index in [1.807, 2.05) is 18.2 Å². The Morgan fingerprint density at radius 3 is 2.74 bits per heavy atom. The Hall–Kier alpha value is -2.83. The number of benzene rings is 3. The van der Waals surface area contributed by atoms with Gasteiger partial charge in [-0.05, 0) is 41.1 Å². The van der Waals surface area contributed by atoms with Crippen LogP contribution >= 0.6 is 23.4 Å². The Kier molecular flexibility index (Phi) is 5.09. The molecule has 0 saturated heterocycles. The van der Waals surface area contributed by atoms with Crippen molar-refractivity contribution in [1.29, 1.82) is 0 Å². The van der Waals surface area contributed by atoms with E-state index in [-0.39, 0.29) is 5.91 Å². The molecule has 0 bridgehead atoms. The highest BCUT2D eigenvalue weighted by molar-refractivity contribution is 8.00. The summed E-state index contributed by atoms with van der Waals surface area (Å²) in [7, 11) is 0. The van der Waals surface area contributed by atoms with Gasteiger partial charge in [-0.3, -0.25) is 4.79 Å². The number of nitrogens with one attached hydrogen (secondary N) is 1. The Balaban J connectivity index is 1.47. The number of amides is 1. The third-order valence-corrected chi connectivity index (χ3v) is 5.22. The molecule has 1 amide bonds. The van der Waals surface area contributed by atoms with Crippen LogP contribution in [0.2, 0.25) is 5.02 Å². The molecule has 5 nitrogen and oxygen atoms in total. The van der Waals surface area contributed by atoms with Crippen molar-refractivity contribution in [3.63, 3.8) is 0 Å². The maximum absolute atomic E-state index is 12.5. The molecule has 7 heteroatoms. The fourth-order valence-electron chi connectivity index (χ4n) is 2.73. The van der Waals surface area contributed by atoms with Crippen molar-refractivity contribution in [1.82, 2.24) is 14.8 Å². The van der Waals surface area contributed by atoms with Crippen molar-refractivity contribution in [2.75, 3.05) is 11.1 Å². The van der Waals surface area contributed by atoms with Crippen LogP contribution in [0, 0.1) is 0 Å². The molecular formula is C20H15ClN4OS. The molecule has 3 aromatic carbocycles. The van der Waals surface area contributed by atoms with E-state index in [9.17, 15) is 4.79 Å². The van der Waals surface area contributed by atoms with Crippen LogP contribution < -0.4 is 5.32 Å². The molecule has 0 saturated carbocycles. The van der Waals surface area contributed by atoms with Gasteiger partial charge in [0.05, 0.1) is 17.1 Å². The SMILES string of the molecule is O=C(CSc1ccc2ccccc2c1)Nc1cc(Cl)ccc1-n1cncn1. The quantitative estimate of drug-likeness (QED) is 0.494. The highest BCUT2D eigenvalue weighted by Gasteiger charge is 2.11. The van der Waals surface area contributed by atoms with Crippen molar-refractivity contribution in [3.05, 3.63) is 78.3 Å². The molecule has 27 heavy (non-hydrogen) atoms. The van der Waals surface area contributed by atoms with E-state index >= 15 is 0 Å². The summed E-state index contributed by atoms with van der Waals surface area (Å²) >= 11 is 7.58. The topological polar surface area (TPSA) is 59.8 Å². The number of carbonyl (C=O) groups excluding carboxylic acids is 1. The van der Waals surface area contributed by atoms with Gasteiger partial charge in [0, 0.05) is 9.92 Å². The predicted octanol–water partition coefficient (Wildman–Crippen LogP) is 4.80. The second-order valence-corrected chi connectivity index (χ2v) is 7.33. The lowest BCUT2D eigenvalue weighted by atomic mass is 10.1. The largest absolute Gasteiger partial charge is 0.323 e. The lowest BCUT2D eigenvalue weighted by Crippen LogP contribution is -2.16. The van der Waals surface area contributed by atoms with Gasteiger partial charge in [0.25, 0.3) is 0 Å². The average Bonchev–Trinajstić information content (AvgIpc) is 3.21. The molecule has 0 radical (unpaired) electrons. The number of anilines is 1. The summed E-state index contributed by atoms with van der Waals surface area (Å²) < 4.78 is 1.59. The minimum absolute atomic E-state index is 0.114. The van der Waals surface area contributed by atoms with Gasteiger partial charge in [0.15, 0.2) is 0 Å². The molecule has 4 aromatic rings. The molecule has 0 unspecified atom stereocenters. The van der Waals surface area contributed by atoms with Crippen LogP contribution in [0.5, 0.6) is 0 Å². The van der Waals surface area contributed by atoms with Gasteiger partial charge in [0.2, 0.25) is 5.91 Å². The molecule has 0 atom stereocenters. The van der Waals surface area contributed by atoms with E-state index in [1.165, 1.54) is 23.5 Å². The minimum atomic E-state index is -0.114. The van der Waals surface area contributed by atoms with Crippen LogP contribution in [0.4, 0.5) is 5.69 Å². The predicted molar refractivity (Wildman–Crippen MR) is 110 cm³/mol. The number of fused-ring (bicyclic) bond motifs is 1. The molecule has 4 rings (SSSR count). The van der Waals surface area contributed by atoms with E-state index < -0.39 is 0 Å². The van der Waals surface area contributed by atoms with Crippen molar-refractivity contribution in [2.24, 2.45) is 0 Å². The summed E-state index contributed by atoms with van der Waals surface area (Å²) in [4.78, 5) is 17.5. The molecule has 0 aliphatic heterocycles. The van der Waals surface area contributed by atoms with Crippen LogP contribution in [0.15, 0.2) is 78.2 Å². The number of thioether (sulfide) groups is 1. The molecule has 1 aromatic heterocycles. The Bertz CT molecular complexity index is 1100. The Labute approximate surface area is 165 Å². The van der Waals surface area contributed by atoms with Crippen LogP contribution in [0.25, 0.3) is 16.5 Å². The van der Waals surface area contributed by atoms with E-state index in [2.05, 4.69) is 39.7 Å². The summed E-state index contributed by atoms with van der Waals surface area (Å²) in [6.07, 6.45) is 3.01. The first-order valence-corrected chi connectivity index (χ1v) is 9.61. The molecule has 1 heterocycles. The number of carbonyl (C=O) groups is 1. The number of nitrogens with zero attached hydrogens (tertiary/aromatic N) is 3. The first kappa shape index (κ1) is 17.6. The summed E-state index contributed by atoms with van der Waals surface area (Å²) in [5, 5.41) is 9.91. The van der Waals surface area contributed by atoms with Crippen LogP contribution in [-0.2, 0) is 4.79 Å². The van der Waals surface area contributed by atoms with Crippen LogP contribution in [0.3, 0.4) is 0 Å². The summed E-state index contributed by atoms with van der Waals surface area (Å²) in [5.41, 5.74) is 1.30. The van der Waals surface area contributed by atoms with Crippen molar-refractivity contribution >= 4 is 45.7 Å². The number of aromatic nitrogens is 3. The van der Waals surface area contributed by atoms with Gasteiger partial charge in [-0.1, -0.05) is 41.9 Å². The number of halogens is 1. The third kappa shape index (κ3) is 4.13. The maximum Gasteiger partial charge on any atom is 0.234 e. The van der Waals surface area contributed by atoms with Crippen LogP contribution in [-0.4, -0.2) is 26.4 Å². The molecular weight excluding hydrogens is 380 g/mol. The molecule has 0 spiro atoms. The van der Waals surface area contributed by atoms with Crippen molar-refractivity contribution in [3.8, 4) is 5.69 Å². The molecule has 1 N–H and O–H groups in total. The summed E-state index contributed by atoms with van der Waals surface area (Å²) in [5.74, 6) is 0.179. The minimum Gasteiger partial charge on any atom is -0.323 e. The molecule has 0 fully saturated rings. The molecule has 0 aliphatic carbocycles. The van der Waals surface area contributed by atoms with E-state index in [0.29, 0.717) is 22.2 Å². The van der Waals surface area contributed by atoms with E-state index in [4.69, 9.17) is 11.6 Å². The van der Waals surface area contributed by atoms with Gasteiger partial charge >= 0.3 is 0 Å². The van der Waals surface area contributed by atoms with Gasteiger partial charge in [0.1, 0.15) is 12.7 Å². The molecule has 0 aliphatic rings. The first-order valence-electron chi connectivity index (χ1n) is 8.25. The Morgan fingerprint density at radius 1 is 1.07 bits per heavy atom. The van der Waals surface area contributed by atoms with Gasteiger partial charge in [-0.2, -0.15) is 5.10 Å². The normalized spacial score (nSPS) is 10.9. The van der Waals surface area contributed by atoms with E-state index in [0.717, 1.165) is 10.3 Å². The highest BCUT2D eigenvalue weighted by atomic mass is 35.5. The second-order valence-electron chi connectivity index (χ2n) is 5.85. The Morgan fingerprint density at radius 2 is 1.93 bits per heavy atom. The smallest absolute Gasteiger partial charge is 0.234 e. The highest BCUT2D eigenvalue weighted by Crippen LogP contribution is 2.26.